The molecule has 0 aromatic rings. The fraction of sp³-hybridized carbons (Fsp3) is 0.636. The maximum atomic E-state index is 11.8. The fourth-order valence-electron chi connectivity index (χ4n) is 2.51. The Labute approximate surface area is 98.7 Å². The van der Waals surface area contributed by atoms with Gasteiger partial charge in [0.1, 0.15) is 5.70 Å². The van der Waals surface area contributed by atoms with Crippen LogP contribution in [0.5, 0.6) is 0 Å². The number of thioether (sulfide) groups is 1. The van der Waals surface area contributed by atoms with E-state index in [1.165, 1.54) is 4.90 Å². The van der Waals surface area contributed by atoms with Gasteiger partial charge >= 0.3 is 5.97 Å². The molecule has 1 saturated heterocycles. The van der Waals surface area contributed by atoms with Crippen molar-refractivity contribution in [3.63, 3.8) is 0 Å². The molecule has 2 aliphatic heterocycles. The minimum atomic E-state index is -0.971. The van der Waals surface area contributed by atoms with Gasteiger partial charge in [-0.05, 0) is 12.2 Å². The normalized spacial score (nSPS) is 28.1. The minimum Gasteiger partial charge on any atom is -0.477 e. The van der Waals surface area contributed by atoms with E-state index >= 15 is 0 Å². The van der Waals surface area contributed by atoms with Gasteiger partial charge in [0.15, 0.2) is 0 Å². The van der Waals surface area contributed by atoms with Crippen molar-refractivity contribution in [2.45, 2.75) is 32.7 Å². The number of amides is 1. The highest BCUT2D eigenvalue weighted by Gasteiger charge is 2.53. The lowest BCUT2D eigenvalue weighted by molar-refractivity contribution is -0.155. The highest BCUT2D eigenvalue weighted by Crippen LogP contribution is 2.46. The van der Waals surface area contributed by atoms with Gasteiger partial charge in [-0.2, -0.15) is 0 Å². The van der Waals surface area contributed by atoms with Crippen molar-refractivity contribution in [1.29, 1.82) is 0 Å². The van der Waals surface area contributed by atoms with Gasteiger partial charge in [0.2, 0.25) is 5.91 Å². The average molecular weight is 241 g/mol. The zero-order valence-electron chi connectivity index (χ0n) is 9.40. The van der Waals surface area contributed by atoms with E-state index in [1.807, 2.05) is 13.8 Å². The lowest BCUT2D eigenvalue weighted by atomic mass is 9.85. The van der Waals surface area contributed by atoms with E-state index in [-0.39, 0.29) is 23.6 Å². The summed E-state index contributed by atoms with van der Waals surface area (Å²) in [5.74, 6) is -0.111. The lowest BCUT2D eigenvalue weighted by Crippen LogP contribution is -2.58. The van der Waals surface area contributed by atoms with Crippen molar-refractivity contribution in [2.24, 2.45) is 5.92 Å². The third-order valence-corrected chi connectivity index (χ3v) is 4.21. The summed E-state index contributed by atoms with van der Waals surface area (Å²) in [5.41, 5.74) is 0.228. The second-order valence-corrected chi connectivity index (χ2v) is 5.36. The molecule has 2 aliphatic rings. The van der Waals surface area contributed by atoms with Crippen LogP contribution < -0.4 is 0 Å². The molecule has 1 fully saturated rings. The van der Waals surface area contributed by atoms with E-state index in [0.29, 0.717) is 0 Å². The van der Waals surface area contributed by atoms with Crippen molar-refractivity contribution >= 4 is 23.6 Å². The molecule has 2 rings (SSSR count). The molecule has 0 aromatic carbocycles. The van der Waals surface area contributed by atoms with E-state index in [4.69, 9.17) is 5.11 Å². The van der Waals surface area contributed by atoms with Gasteiger partial charge in [0.05, 0.1) is 12.0 Å². The number of carboxylic acids is 1. The van der Waals surface area contributed by atoms with Crippen molar-refractivity contribution in [1.82, 2.24) is 4.90 Å². The zero-order valence-corrected chi connectivity index (χ0v) is 10.2. The largest absolute Gasteiger partial charge is 0.477 e. The number of β-lactam (4-membered cyclic amide) rings is 1. The Morgan fingerprint density at radius 3 is 2.75 bits per heavy atom. The Morgan fingerprint density at radius 1 is 1.56 bits per heavy atom. The second kappa shape index (κ2) is 4.13. The SMILES string of the molecule is CCSC1=C(C(=O)O)N2C(=O)[C@H](CC)C2C1. The summed E-state index contributed by atoms with van der Waals surface area (Å²) < 4.78 is 0. The molecule has 0 aromatic heterocycles. The molecule has 0 radical (unpaired) electrons. The maximum Gasteiger partial charge on any atom is 0.353 e. The van der Waals surface area contributed by atoms with Gasteiger partial charge in [0.25, 0.3) is 0 Å². The van der Waals surface area contributed by atoms with Crippen molar-refractivity contribution in [3.05, 3.63) is 10.6 Å². The predicted octanol–water partition coefficient (Wildman–Crippen LogP) is 1.68. The van der Waals surface area contributed by atoms with Crippen LogP contribution >= 0.6 is 11.8 Å². The predicted molar refractivity (Wildman–Crippen MR) is 61.8 cm³/mol. The second-order valence-electron chi connectivity index (χ2n) is 4.00. The third kappa shape index (κ3) is 1.45. The molecule has 0 saturated carbocycles. The standard InChI is InChI=1S/C11H15NO3S/c1-3-6-7-5-8(16-4-2)9(11(14)15)12(7)10(6)13/h6-7H,3-5H2,1-2H3,(H,14,15)/t6-,7?/m1/s1. The summed E-state index contributed by atoms with van der Waals surface area (Å²) >= 11 is 1.54. The Bertz CT molecular complexity index is 377. The molecule has 88 valence electrons. The van der Waals surface area contributed by atoms with Gasteiger partial charge in [-0.3, -0.25) is 4.79 Å². The summed E-state index contributed by atoms with van der Waals surface area (Å²) in [6.07, 6.45) is 1.53. The number of hydrogen-bond donors (Lipinski definition) is 1. The van der Waals surface area contributed by atoms with Crippen LogP contribution in [0, 0.1) is 5.92 Å². The molecule has 1 N–H and O–H groups in total. The van der Waals surface area contributed by atoms with Crippen LogP contribution in [0.25, 0.3) is 0 Å². The van der Waals surface area contributed by atoms with Gasteiger partial charge in [-0.15, -0.1) is 11.8 Å². The fourth-order valence-corrected chi connectivity index (χ4v) is 3.46. The Hall–Kier alpha value is -0.970. The number of rotatable bonds is 4. The van der Waals surface area contributed by atoms with E-state index in [9.17, 15) is 9.59 Å². The average Bonchev–Trinajstić information content (AvgIpc) is 2.55. The summed E-state index contributed by atoms with van der Waals surface area (Å²) in [6.45, 7) is 3.97. The number of carbonyl (C=O) groups excluding carboxylic acids is 1. The molecule has 5 heteroatoms. The first-order valence-corrected chi connectivity index (χ1v) is 6.52. The van der Waals surface area contributed by atoms with Crippen LogP contribution in [0.1, 0.15) is 26.7 Å². The highest BCUT2D eigenvalue weighted by molar-refractivity contribution is 8.03. The molecule has 2 atom stereocenters. The van der Waals surface area contributed by atoms with Crippen LogP contribution in [0.3, 0.4) is 0 Å². The minimum absolute atomic E-state index is 0.0170. The Morgan fingerprint density at radius 2 is 2.25 bits per heavy atom. The first-order chi connectivity index (χ1) is 7.61. The Kier molecular flexibility index (Phi) is 2.97. The van der Waals surface area contributed by atoms with Crippen LogP contribution in [-0.4, -0.2) is 33.7 Å². The first-order valence-electron chi connectivity index (χ1n) is 5.54. The van der Waals surface area contributed by atoms with E-state index in [0.717, 1.165) is 23.5 Å². The number of nitrogens with zero attached hydrogens (tertiary/aromatic N) is 1. The number of carbonyl (C=O) groups is 2. The molecular weight excluding hydrogens is 226 g/mol. The van der Waals surface area contributed by atoms with Gasteiger partial charge in [0, 0.05) is 11.3 Å². The molecule has 0 spiro atoms. The maximum absolute atomic E-state index is 11.8. The summed E-state index contributed by atoms with van der Waals surface area (Å²) in [5, 5.41) is 9.14. The lowest BCUT2D eigenvalue weighted by Gasteiger charge is -2.42. The summed E-state index contributed by atoms with van der Waals surface area (Å²) in [6, 6.07) is 0.109. The van der Waals surface area contributed by atoms with Crippen molar-refractivity contribution in [2.75, 3.05) is 5.75 Å². The molecule has 0 bridgehead atoms. The first kappa shape index (κ1) is 11.5. The van der Waals surface area contributed by atoms with Crippen LogP contribution in [0.2, 0.25) is 0 Å². The number of hydrogen-bond acceptors (Lipinski definition) is 3. The third-order valence-electron chi connectivity index (χ3n) is 3.21. The molecule has 1 amide bonds. The van der Waals surface area contributed by atoms with Gasteiger partial charge in [-0.1, -0.05) is 13.8 Å². The van der Waals surface area contributed by atoms with E-state index in [2.05, 4.69) is 0 Å². The smallest absolute Gasteiger partial charge is 0.353 e. The number of fused-ring (bicyclic) bond motifs is 1. The van der Waals surface area contributed by atoms with Crippen molar-refractivity contribution in [3.8, 4) is 0 Å². The number of aliphatic carboxylic acids is 1. The summed E-state index contributed by atoms with van der Waals surface area (Å²) in [4.78, 5) is 25.3. The van der Waals surface area contributed by atoms with Crippen molar-refractivity contribution < 1.29 is 14.7 Å². The quantitative estimate of drug-likeness (QED) is 0.761. The van der Waals surface area contributed by atoms with E-state index < -0.39 is 5.97 Å². The van der Waals surface area contributed by atoms with Crippen LogP contribution in [0.4, 0.5) is 0 Å². The topological polar surface area (TPSA) is 57.6 Å². The molecule has 1 unspecified atom stereocenters. The highest BCUT2D eigenvalue weighted by atomic mass is 32.2. The molecule has 0 aliphatic carbocycles. The molecule has 16 heavy (non-hydrogen) atoms. The Balaban J connectivity index is 2.26. The molecule has 4 nitrogen and oxygen atoms in total. The summed E-state index contributed by atoms with van der Waals surface area (Å²) in [7, 11) is 0. The van der Waals surface area contributed by atoms with Crippen LogP contribution in [-0.2, 0) is 9.59 Å². The number of carboxylic acid groups (broad SMARTS) is 1. The zero-order chi connectivity index (χ0) is 11.9. The molecule has 2 heterocycles. The monoisotopic (exact) mass is 241 g/mol. The van der Waals surface area contributed by atoms with E-state index in [1.54, 1.807) is 11.8 Å². The van der Waals surface area contributed by atoms with Gasteiger partial charge < -0.3 is 10.0 Å². The van der Waals surface area contributed by atoms with Gasteiger partial charge in [-0.25, -0.2) is 4.79 Å². The molecular formula is C11H15NO3S. The van der Waals surface area contributed by atoms with Crippen LogP contribution in [0.15, 0.2) is 10.6 Å².